The molecule has 4 rings (SSSR count). The Morgan fingerprint density at radius 1 is 1.09 bits per heavy atom. The molecule has 7 heteroatoms. The van der Waals surface area contributed by atoms with Crippen LogP contribution in [-0.4, -0.2) is 61.9 Å². The van der Waals surface area contributed by atoms with Crippen LogP contribution >= 0.6 is 0 Å². The molecule has 0 radical (unpaired) electrons. The van der Waals surface area contributed by atoms with Crippen LogP contribution in [0.2, 0.25) is 0 Å². The number of rotatable bonds is 3. The van der Waals surface area contributed by atoms with Crippen LogP contribution in [0.1, 0.15) is 17.1 Å². The molecule has 0 bridgehead atoms. The molecule has 1 aliphatic rings. The van der Waals surface area contributed by atoms with Gasteiger partial charge in [0.15, 0.2) is 5.65 Å². The number of hydrogen-bond donors (Lipinski definition) is 0. The maximum atomic E-state index is 5.42. The quantitative estimate of drug-likeness (QED) is 0.730. The van der Waals surface area contributed by atoms with Gasteiger partial charge in [-0.25, -0.2) is 14.5 Å². The molecular weight excluding hydrogens is 292 g/mol. The highest BCUT2D eigenvalue weighted by Gasteiger charge is 2.18. The molecule has 0 aliphatic carbocycles. The molecule has 23 heavy (non-hydrogen) atoms. The molecule has 0 saturated carbocycles. The van der Waals surface area contributed by atoms with Crippen molar-refractivity contribution in [2.75, 3.05) is 32.8 Å². The fourth-order valence-electron chi connectivity index (χ4n) is 3.38. The number of nitrogens with zero attached hydrogens (tertiary/aromatic N) is 6. The van der Waals surface area contributed by atoms with Gasteiger partial charge in [0.05, 0.1) is 18.6 Å². The molecule has 0 amide bonds. The van der Waals surface area contributed by atoms with Crippen LogP contribution in [0, 0.1) is 20.8 Å². The van der Waals surface area contributed by atoms with Gasteiger partial charge in [-0.15, -0.1) is 0 Å². The van der Waals surface area contributed by atoms with Gasteiger partial charge in [0.1, 0.15) is 17.8 Å². The van der Waals surface area contributed by atoms with E-state index in [1.807, 2.05) is 6.92 Å². The van der Waals surface area contributed by atoms with Gasteiger partial charge < -0.3 is 9.30 Å². The lowest BCUT2D eigenvalue weighted by molar-refractivity contribution is 0.0364. The van der Waals surface area contributed by atoms with E-state index in [4.69, 9.17) is 4.74 Å². The van der Waals surface area contributed by atoms with E-state index in [0.29, 0.717) is 0 Å². The van der Waals surface area contributed by atoms with E-state index in [1.54, 1.807) is 10.8 Å². The van der Waals surface area contributed by atoms with E-state index in [9.17, 15) is 0 Å². The van der Waals surface area contributed by atoms with Gasteiger partial charge >= 0.3 is 0 Å². The minimum atomic E-state index is 0.775. The first-order valence-electron chi connectivity index (χ1n) is 8.12. The fraction of sp³-hybridized carbons (Fsp3) is 0.562. The van der Waals surface area contributed by atoms with Crippen LogP contribution < -0.4 is 0 Å². The second-order valence-corrected chi connectivity index (χ2v) is 6.19. The Kier molecular flexibility index (Phi) is 3.54. The summed E-state index contributed by atoms with van der Waals surface area (Å²) < 4.78 is 9.51. The lowest BCUT2D eigenvalue weighted by Gasteiger charge is -2.26. The van der Waals surface area contributed by atoms with E-state index in [-0.39, 0.29) is 0 Å². The second-order valence-electron chi connectivity index (χ2n) is 6.19. The largest absolute Gasteiger partial charge is 0.379 e. The maximum Gasteiger partial charge on any atom is 0.168 e. The van der Waals surface area contributed by atoms with Crippen LogP contribution in [0.15, 0.2) is 6.33 Å². The zero-order valence-corrected chi connectivity index (χ0v) is 13.9. The van der Waals surface area contributed by atoms with Crippen molar-refractivity contribution in [2.24, 2.45) is 0 Å². The summed E-state index contributed by atoms with van der Waals surface area (Å²) in [6.45, 7) is 11.9. The smallest absolute Gasteiger partial charge is 0.168 e. The molecule has 1 fully saturated rings. The van der Waals surface area contributed by atoms with Crippen molar-refractivity contribution in [2.45, 2.75) is 27.3 Å². The predicted molar refractivity (Wildman–Crippen MR) is 87.7 cm³/mol. The molecule has 1 saturated heterocycles. The lowest BCUT2D eigenvalue weighted by atomic mass is 10.2. The molecule has 4 heterocycles. The summed E-state index contributed by atoms with van der Waals surface area (Å²) in [5.74, 6) is 0.775. The van der Waals surface area contributed by atoms with Gasteiger partial charge in [0.25, 0.3) is 0 Å². The van der Waals surface area contributed by atoms with Gasteiger partial charge in [-0.3, -0.25) is 4.90 Å². The third-order valence-corrected chi connectivity index (χ3v) is 4.80. The zero-order valence-electron chi connectivity index (χ0n) is 13.9. The van der Waals surface area contributed by atoms with Crippen molar-refractivity contribution >= 4 is 16.7 Å². The van der Waals surface area contributed by atoms with Gasteiger partial charge in [0.2, 0.25) is 0 Å². The van der Waals surface area contributed by atoms with E-state index >= 15 is 0 Å². The molecule has 0 unspecified atom stereocenters. The molecule has 0 atom stereocenters. The SMILES string of the molecule is Cc1nc2c3c(C)c(C)n(CCN4CCOCC4)c3ncn2n1. The summed E-state index contributed by atoms with van der Waals surface area (Å²) in [7, 11) is 0. The van der Waals surface area contributed by atoms with Crippen LogP contribution in [0.4, 0.5) is 0 Å². The number of morpholine rings is 1. The molecule has 7 nitrogen and oxygen atoms in total. The third kappa shape index (κ3) is 2.40. The highest BCUT2D eigenvalue weighted by Crippen LogP contribution is 2.26. The lowest BCUT2D eigenvalue weighted by Crippen LogP contribution is -2.38. The first-order valence-corrected chi connectivity index (χ1v) is 8.12. The first-order chi connectivity index (χ1) is 11.1. The van der Waals surface area contributed by atoms with Gasteiger partial charge in [-0.1, -0.05) is 0 Å². The summed E-state index contributed by atoms with van der Waals surface area (Å²) in [5, 5.41) is 5.49. The molecule has 122 valence electrons. The minimum absolute atomic E-state index is 0.775. The Balaban J connectivity index is 1.74. The topological polar surface area (TPSA) is 60.5 Å². The Bertz CT molecular complexity index is 859. The Morgan fingerprint density at radius 2 is 1.87 bits per heavy atom. The van der Waals surface area contributed by atoms with E-state index in [0.717, 1.165) is 61.9 Å². The molecule has 0 aromatic carbocycles. The van der Waals surface area contributed by atoms with Crippen molar-refractivity contribution in [3.8, 4) is 0 Å². The Hall–Kier alpha value is -1.99. The van der Waals surface area contributed by atoms with Crippen LogP contribution in [0.5, 0.6) is 0 Å². The maximum absolute atomic E-state index is 5.42. The zero-order chi connectivity index (χ0) is 16.0. The first kappa shape index (κ1) is 14.6. The third-order valence-electron chi connectivity index (χ3n) is 4.80. The summed E-state index contributed by atoms with van der Waals surface area (Å²) in [6.07, 6.45) is 1.77. The molecular formula is C16H22N6O. The number of hydrogen-bond acceptors (Lipinski definition) is 5. The number of aryl methyl sites for hydroxylation is 2. The Labute approximate surface area is 134 Å². The number of aromatic nitrogens is 5. The molecule has 0 N–H and O–H groups in total. The summed E-state index contributed by atoms with van der Waals surface area (Å²) in [5.41, 5.74) is 4.41. The summed E-state index contributed by atoms with van der Waals surface area (Å²) in [6, 6.07) is 0. The van der Waals surface area contributed by atoms with Crippen molar-refractivity contribution in [3.63, 3.8) is 0 Å². The van der Waals surface area contributed by atoms with E-state index in [1.165, 1.54) is 11.3 Å². The second kappa shape index (κ2) is 5.58. The van der Waals surface area contributed by atoms with Crippen LogP contribution in [0.3, 0.4) is 0 Å². The standard InChI is InChI=1S/C16H22N6O/c1-11-12(2)21(5-4-20-6-8-23-9-7-20)15-14(11)16-18-13(3)19-22(16)10-17-15/h10H,4-9H2,1-3H3. The van der Waals surface area contributed by atoms with Gasteiger partial charge in [-0.2, -0.15) is 5.10 Å². The van der Waals surface area contributed by atoms with Gasteiger partial charge in [0, 0.05) is 31.9 Å². The van der Waals surface area contributed by atoms with Crippen molar-refractivity contribution in [1.29, 1.82) is 0 Å². The van der Waals surface area contributed by atoms with Crippen molar-refractivity contribution < 1.29 is 4.74 Å². The average molecular weight is 314 g/mol. The normalized spacial score (nSPS) is 16.7. The van der Waals surface area contributed by atoms with Crippen molar-refractivity contribution in [1.82, 2.24) is 29.0 Å². The molecule has 3 aromatic heterocycles. The highest BCUT2D eigenvalue weighted by molar-refractivity contribution is 5.93. The van der Waals surface area contributed by atoms with E-state index < -0.39 is 0 Å². The summed E-state index contributed by atoms with van der Waals surface area (Å²) in [4.78, 5) is 11.7. The van der Waals surface area contributed by atoms with Crippen LogP contribution in [0.25, 0.3) is 16.7 Å². The Morgan fingerprint density at radius 3 is 2.65 bits per heavy atom. The van der Waals surface area contributed by atoms with Gasteiger partial charge in [-0.05, 0) is 26.3 Å². The number of fused-ring (bicyclic) bond motifs is 3. The molecule has 3 aromatic rings. The van der Waals surface area contributed by atoms with Crippen molar-refractivity contribution in [3.05, 3.63) is 23.4 Å². The van der Waals surface area contributed by atoms with E-state index in [2.05, 4.69) is 38.4 Å². The van der Waals surface area contributed by atoms with Crippen LogP contribution in [-0.2, 0) is 11.3 Å². The molecule has 0 spiro atoms. The monoisotopic (exact) mass is 314 g/mol. The number of ether oxygens (including phenoxy) is 1. The fourth-order valence-corrected chi connectivity index (χ4v) is 3.38. The minimum Gasteiger partial charge on any atom is -0.379 e. The highest BCUT2D eigenvalue weighted by atomic mass is 16.5. The average Bonchev–Trinajstić information content (AvgIpc) is 3.05. The predicted octanol–water partition coefficient (Wildman–Crippen LogP) is 1.34. The summed E-state index contributed by atoms with van der Waals surface area (Å²) >= 11 is 0. The molecule has 1 aliphatic heterocycles.